The lowest BCUT2D eigenvalue weighted by Gasteiger charge is -2.23. The van der Waals surface area contributed by atoms with Crippen LogP contribution in [-0.2, 0) is 14.6 Å². The smallest absolute Gasteiger partial charge is 0.262 e. The van der Waals surface area contributed by atoms with Gasteiger partial charge in [0.2, 0.25) is 5.91 Å². The van der Waals surface area contributed by atoms with Crippen LogP contribution in [0.15, 0.2) is 46.5 Å². The van der Waals surface area contributed by atoms with Gasteiger partial charge in [-0.25, -0.2) is 18.1 Å². The van der Waals surface area contributed by atoms with Crippen LogP contribution < -0.4 is 5.56 Å². The number of para-hydroxylation sites is 1. The summed E-state index contributed by atoms with van der Waals surface area (Å²) in [5, 5.41) is 4.92. The van der Waals surface area contributed by atoms with Gasteiger partial charge in [0.1, 0.15) is 5.39 Å². The molecule has 0 aliphatic carbocycles. The molecule has 0 unspecified atom stereocenters. The monoisotopic (exact) mass is 433 g/mol. The Kier molecular flexibility index (Phi) is 5.17. The molecular formula is C18H19N5O4S2. The lowest BCUT2D eigenvalue weighted by Crippen LogP contribution is -2.38. The van der Waals surface area contributed by atoms with E-state index in [1.165, 1.54) is 11.1 Å². The molecule has 29 heavy (non-hydrogen) atoms. The molecule has 1 aliphatic rings. The average molecular weight is 434 g/mol. The molecule has 3 aromatic rings. The fraction of sp³-hybridized carbons (Fsp3) is 0.333. The van der Waals surface area contributed by atoms with Gasteiger partial charge in [-0.1, -0.05) is 30.0 Å². The lowest BCUT2D eigenvalue weighted by atomic mass is 10.2. The predicted octanol–water partition coefficient (Wildman–Crippen LogP) is 0.846. The zero-order chi connectivity index (χ0) is 20.6. The molecule has 152 valence electrons. The molecule has 4 rings (SSSR count). The highest BCUT2D eigenvalue weighted by atomic mass is 32.2. The molecule has 1 fully saturated rings. The lowest BCUT2D eigenvalue weighted by molar-refractivity contribution is -0.128. The number of fused-ring (bicyclic) bond motifs is 1. The van der Waals surface area contributed by atoms with Crippen molar-refractivity contribution in [2.24, 2.45) is 0 Å². The summed E-state index contributed by atoms with van der Waals surface area (Å²) in [7, 11) is -1.46. The SMILES string of the molecule is CN(C(=O)CSc1nc2c(cnn2-c2ccccc2)c(=O)[nH]1)[C@H]1CCS(=O)(=O)C1. The van der Waals surface area contributed by atoms with Crippen molar-refractivity contribution < 1.29 is 13.2 Å². The summed E-state index contributed by atoms with van der Waals surface area (Å²) >= 11 is 1.10. The predicted molar refractivity (Wildman–Crippen MR) is 110 cm³/mol. The van der Waals surface area contributed by atoms with Crippen molar-refractivity contribution >= 4 is 38.5 Å². The van der Waals surface area contributed by atoms with Crippen molar-refractivity contribution in [3.05, 3.63) is 46.9 Å². The number of hydrogen-bond acceptors (Lipinski definition) is 7. The van der Waals surface area contributed by atoms with Gasteiger partial charge in [-0.2, -0.15) is 5.10 Å². The fourth-order valence-corrected chi connectivity index (χ4v) is 5.80. The van der Waals surface area contributed by atoms with Gasteiger partial charge in [0.05, 0.1) is 29.1 Å². The van der Waals surface area contributed by atoms with Crippen molar-refractivity contribution in [1.29, 1.82) is 0 Å². The molecule has 0 bridgehead atoms. The summed E-state index contributed by atoms with van der Waals surface area (Å²) < 4.78 is 24.8. The maximum Gasteiger partial charge on any atom is 0.262 e. The minimum atomic E-state index is -3.07. The number of carbonyl (C=O) groups is 1. The zero-order valence-corrected chi connectivity index (χ0v) is 17.2. The van der Waals surface area contributed by atoms with E-state index < -0.39 is 9.84 Å². The highest BCUT2D eigenvalue weighted by Crippen LogP contribution is 2.20. The summed E-state index contributed by atoms with van der Waals surface area (Å²) in [6.07, 6.45) is 1.91. The average Bonchev–Trinajstić information content (AvgIpc) is 3.29. The first kappa shape index (κ1) is 19.6. The quantitative estimate of drug-likeness (QED) is 0.468. The molecule has 2 aromatic heterocycles. The van der Waals surface area contributed by atoms with Gasteiger partial charge >= 0.3 is 0 Å². The third-order valence-electron chi connectivity index (χ3n) is 4.90. The molecule has 1 atom stereocenters. The van der Waals surface area contributed by atoms with E-state index in [4.69, 9.17) is 0 Å². The highest BCUT2D eigenvalue weighted by molar-refractivity contribution is 7.99. The molecule has 9 nitrogen and oxygen atoms in total. The van der Waals surface area contributed by atoms with Crippen LogP contribution in [0.2, 0.25) is 0 Å². The number of nitrogens with one attached hydrogen (secondary N) is 1. The van der Waals surface area contributed by atoms with Crippen LogP contribution in [0.3, 0.4) is 0 Å². The van der Waals surface area contributed by atoms with Crippen LogP contribution in [-0.4, -0.2) is 69.3 Å². The summed E-state index contributed by atoms with van der Waals surface area (Å²) in [6.45, 7) is 0. The summed E-state index contributed by atoms with van der Waals surface area (Å²) in [6, 6.07) is 9.02. The normalized spacial score (nSPS) is 18.2. The second-order valence-electron chi connectivity index (χ2n) is 6.85. The minimum Gasteiger partial charge on any atom is -0.341 e. The number of amides is 1. The largest absolute Gasteiger partial charge is 0.341 e. The Morgan fingerprint density at radius 2 is 2.10 bits per heavy atom. The Labute approximate surface area is 171 Å². The molecule has 0 radical (unpaired) electrons. The number of carbonyl (C=O) groups excluding carboxylic acids is 1. The number of thioether (sulfide) groups is 1. The Morgan fingerprint density at radius 3 is 2.79 bits per heavy atom. The number of aromatic amines is 1. The van der Waals surface area contributed by atoms with Crippen LogP contribution in [0.25, 0.3) is 16.7 Å². The first-order valence-electron chi connectivity index (χ1n) is 8.96. The van der Waals surface area contributed by atoms with E-state index in [1.54, 1.807) is 11.7 Å². The van der Waals surface area contributed by atoms with Gasteiger partial charge in [-0.3, -0.25) is 9.59 Å². The van der Waals surface area contributed by atoms with Gasteiger partial charge in [-0.05, 0) is 18.6 Å². The van der Waals surface area contributed by atoms with Gasteiger partial charge in [0.25, 0.3) is 5.56 Å². The summed E-state index contributed by atoms with van der Waals surface area (Å²) in [4.78, 5) is 33.5. The molecule has 0 spiro atoms. The van der Waals surface area contributed by atoms with E-state index in [2.05, 4.69) is 15.1 Å². The Hall–Kier alpha value is -2.66. The van der Waals surface area contributed by atoms with E-state index in [0.717, 1.165) is 17.4 Å². The van der Waals surface area contributed by atoms with Gasteiger partial charge < -0.3 is 9.88 Å². The molecule has 0 saturated carbocycles. The highest BCUT2D eigenvalue weighted by Gasteiger charge is 2.32. The second kappa shape index (κ2) is 7.64. The Bertz CT molecular complexity index is 1220. The molecule has 1 aromatic carbocycles. The van der Waals surface area contributed by atoms with E-state index >= 15 is 0 Å². The molecule has 11 heteroatoms. The maximum absolute atomic E-state index is 12.5. The third-order valence-corrected chi connectivity index (χ3v) is 7.51. The van der Waals surface area contributed by atoms with Crippen LogP contribution in [0.1, 0.15) is 6.42 Å². The topological polar surface area (TPSA) is 118 Å². The summed E-state index contributed by atoms with van der Waals surface area (Å²) in [5.74, 6) is -0.0632. The number of sulfone groups is 1. The van der Waals surface area contributed by atoms with Crippen molar-refractivity contribution in [1.82, 2.24) is 24.6 Å². The Balaban J connectivity index is 1.53. The first-order chi connectivity index (χ1) is 13.8. The van der Waals surface area contributed by atoms with Gasteiger partial charge in [0, 0.05) is 13.1 Å². The van der Waals surface area contributed by atoms with Crippen LogP contribution in [0.5, 0.6) is 0 Å². The van der Waals surface area contributed by atoms with E-state index in [1.807, 2.05) is 30.3 Å². The molecule has 1 saturated heterocycles. The van der Waals surface area contributed by atoms with Crippen molar-refractivity contribution in [3.63, 3.8) is 0 Å². The fourth-order valence-electron chi connectivity index (χ4n) is 3.24. The van der Waals surface area contributed by atoms with Crippen LogP contribution in [0.4, 0.5) is 0 Å². The number of rotatable bonds is 5. The van der Waals surface area contributed by atoms with Crippen molar-refractivity contribution in [2.45, 2.75) is 17.6 Å². The number of H-pyrrole nitrogens is 1. The molecule has 1 aliphatic heterocycles. The van der Waals surface area contributed by atoms with E-state index in [-0.39, 0.29) is 34.8 Å². The van der Waals surface area contributed by atoms with E-state index in [9.17, 15) is 18.0 Å². The molecule has 1 N–H and O–H groups in total. The Morgan fingerprint density at radius 1 is 1.34 bits per heavy atom. The van der Waals surface area contributed by atoms with Crippen molar-refractivity contribution in [3.8, 4) is 5.69 Å². The standard InChI is InChI=1S/C18H19N5O4S2/c1-22(13-7-8-29(26,27)11-13)15(24)10-28-18-20-16-14(17(25)21-18)9-19-23(16)12-5-3-2-4-6-12/h2-6,9,13H,7-8,10-11H2,1H3,(H,20,21,25)/t13-/m0/s1. The summed E-state index contributed by atoms with van der Waals surface area (Å²) in [5.41, 5.74) is 0.849. The number of benzene rings is 1. The number of hydrogen-bond donors (Lipinski definition) is 1. The van der Waals surface area contributed by atoms with Gasteiger partial charge in [-0.15, -0.1) is 0 Å². The minimum absolute atomic E-state index is 0.00277. The molecular weight excluding hydrogens is 414 g/mol. The maximum atomic E-state index is 12.5. The van der Waals surface area contributed by atoms with Crippen LogP contribution >= 0.6 is 11.8 Å². The zero-order valence-electron chi connectivity index (χ0n) is 15.6. The van der Waals surface area contributed by atoms with Crippen LogP contribution in [0, 0.1) is 0 Å². The van der Waals surface area contributed by atoms with Gasteiger partial charge in [0.15, 0.2) is 20.6 Å². The van der Waals surface area contributed by atoms with Crippen molar-refractivity contribution in [2.75, 3.05) is 24.3 Å². The second-order valence-corrected chi connectivity index (χ2v) is 10.0. The third kappa shape index (κ3) is 4.06. The van der Waals surface area contributed by atoms with E-state index in [0.29, 0.717) is 22.6 Å². The first-order valence-corrected chi connectivity index (χ1v) is 11.8. The number of nitrogens with zero attached hydrogens (tertiary/aromatic N) is 4. The molecule has 3 heterocycles. The molecule has 1 amide bonds. The number of aromatic nitrogens is 4.